The molecule has 1 fully saturated rings. The van der Waals surface area contributed by atoms with E-state index in [0.717, 1.165) is 6.33 Å². The molecule has 4 heterocycles. The van der Waals surface area contributed by atoms with Gasteiger partial charge in [0.25, 0.3) is 5.91 Å². The van der Waals surface area contributed by atoms with Crippen LogP contribution in [0.25, 0.3) is 44.6 Å². The number of phenols is 1. The fourth-order valence-corrected chi connectivity index (χ4v) is 8.07. The first kappa shape index (κ1) is 44.2. The number of ether oxygens (including phenoxy) is 1. The number of aromatic carboxylic acids is 1. The summed E-state index contributed by atoms with van der Waals surface area (Å²) in [6.07, 6.45) is -3.17. The minimum absolute atomic E-state index is 0.0390. The summed E-state index contributed by atoms with van der Waals surface area (Å²) >= 11 is 0. The summed E-state index contributed by atoms with van der Waals surface area (Å²) in [6.45, 7) is -0.340. The number of anilines is 2. The van der Waals surface area contributed by atoms with Gasteiger partial charge in [-0.15, -0.1) is 0 Å². The predicted octanol–water partition coefficient (Wildman–Crippen LogP) is 2.94. The molecule has 4 aromatic rings. The number of nitrogen functional groups attached to an aromatic ring is 1. The maximum absolute atomic E-state index is 13.4. The van der Waals surface area contributed by atoms with Crippen molar-refractivity contribution in [3.05, 3.63) is 82.3 Å². The van der Waals surface area contributed by atoms with Gasteiger partial charge in [-0.2, -0.15) is 0 Å². The van der Waals surface area contributed by atoms with Crippen molar-refractivity contribution in [2.45, 2.75) is 50.2 Å². The summed E-state index contributed by atoms with van der Waals surface area (Å²) in [7, 11) is -10.3. The van der Waals surface area contributed by atoms with E-state index in [1.165, 1.54) is 53.1 Å². The van der Waals surface area contributed by atoms with Crippen LogP contribution >= 0.6 is 15.6 Å². The lowest BCUT2D eigenvalue weighted by molar-refractivity contribution is -0.0492. The second-order valence-corrected chi connectivity index (χ2v) is 16.5. The highest BCUT2D eigenvalue weighted by Crippen LogP contribution is 2.47. The van der Waals surface area contributed by atoms with Crippen LogP contribution in [-0.2, 0) is 22.9 Å². The van der Waals surface area contributed by atoms with Gasteiger partial charge in [-0.3, -0.25) is 23.2 Å². The molecule has 1 aliphatic carbocycles. The Bertz CT molecular complexity index is 2790. The average molecular weight is 900 g/mol. The highest BCUT2D eigenvalue weighted by molar-refractivity contribution is 7.46. The minimum atomic E-state index is -5.25. The molecule has 23 nitrogen and oxygen atoms in total. The van der Waals surface area contributed by atoms with Crippen LogP contribution in [-0.4, -0.2) is 104 Å². The topological polar surface area (TPSA) is 361 Å². The third-order valence-electron chi connectivity index (χ3n) is 9.87. The molecule has 4 atom stereocenters. The maximum Gasteiger partial charge on any atom is 0.470 e. The van der Waals surface area contributed by atoms with E-state index in [4.69, 9.17) is 19.4 Å². The number of phenolic OH excluding ortho intramolecular Hbond substituents is 1. The molecule has 1 amide bonds. The van der Waals surface area contributed by atoms with Crippen molar-refractivity contribution in [2.75, 3.05) is 30.7 Å². The third kappa shape index (κ3) is 9.77. The van der Waals surface area contributed by atoms with Gasteiger partial charge in [0.1, 0.15) is 41.7 Å². The number of fused-ring (bicyclic) bond motifs is 3. The van der Waals surface area contributed by atoms with Crippen LogP contribution in [0, 0.1) is 0 Å². The van der Waals surface area contributed by atoms with Gasteiger partial charge in [0.05, 0.1) is 12.2 Å². The Kier molecular flexibility index (Phi) is 12.7. The summed E-state index contributed by atoms with van der Waals surface area (Å²) in [5.74, 6) is -1.63. The van der Waals surface area contributed by atoms with Crippen LogP contribution in [0.2, 0.25) is 0 Å². The molecule has 0 saturated carbocycles. The van der Waals surface area contributed by atoms with Gasteiger partial charge >= 0.3 is 21.6 Å². The lowest BCUT2D eigenvalue weighted by Gasteiger charge is -2.21. The smallest absolute Gasteiger partial charge is 0.470 e. The first-order valence-electron chi connectivity index (χ1n) is 18.7. The maximum atomic E-state index is 13.4. The molecule has 62 heavy (non-hydrogen) atoms. The van der Waals surface area contributed by atoms with Crippen molar-refractivity contribution >= 4 is 61.4 Å². The van der Waals surface area contributed by atoms with E-state index in [9.17, 15) is 58.4 Å². The monoisotopic (exact) mass is 899 g/mol. The third-order valence-corrected chi connectivity index (χ3v) is 10.9. The molecule has 328 valence electrons. The predicted molar refractivity (Wildman–Crippen MR) is 217 cm³/mol. The molecule has 0 radical (unpaired) electrons. The number of carbonyl (C=O) groups excluding carboxylic acids is 1. The number of amides is 1. The zero-order chi connectivity index (χ0) is 44.5. The van der Waals surface area contributed by atoms with Crippen LogP contribution in [0.4, 0.5) is 11.8 Å². The molecule has 0 spiro atoms. The Hall–Kier alpha value is -5.84. The number of aliphatic hydroxyl groups excluding tert-OH is 1. The van der Waals surface area contributed by atoms with E-state index >= 15 is 0 Å². The van der Waals surface area contributed by atoms with E-state index in [0.29, 0.717) is 48.7 Å². The molecule has 3 aliphatic rings. The molecule has 0 bridgehead atoms. The van der Waals surface area contributed by atoms with Crippen LogP contribution < -0.4 is 21.8 Å². The van der Waals surface area contributed by atoms with Gasteiger partial charge < -0.3 is 60.4 Å². The summed E-state index contributed by atoms with van der Waals surface area (Å²) in [5.41, 5.74) is 7.13. The molecule has 11 N–H and O–H groups in total. The fraction of sp³-hybridized carbons (Fsp3) is 0.297. The van der Waals surface area contributed by atoms with Crippen LogP contribution in [0.5, 0.6) is 5.75 Å². The van der Waals surface area contributed by atoms with Crippen LogP contribution in [0.1, 0.15) is 52.6 Å². The zero-order valence-electron chi connectivity index (χ0n) is 32.1. The Morgan fingerprint density at radius 3 is 2.40 bits per heavy atom. The van der Waals surface area contributed by atoms with Gasteiger partial charge in [0, 0.05) is 47.3 Å². The van der Waals surface area contributed by atoms with E-state index < -0.39 is 58.7 Å². The number of unbranched alkanes of at least 4 members (excludes halogenated alkanes) is 3. The number of phosphoric ester groups is 2. The minimum Gasteiger partial charge on any atom is -0.508 e. The number of hydrogen-bond donors (Lipinski definition) is 10. The standard InChI is InChI=1S/C37H39N7O16P2/c38-32-29-33(42-17-41-32)44(35-30(47)31(60-62(54,55)56)27(59-35)16-57-61(51,52)53)37(43-29)40-12-4-2-1-3-11-39-34(48)18-5-8-21(36(49)50)24(13-18)28-22-9-6-19(45)14-25(22)58-26-15-20(46)7-10-23(26)28/h5-10,13-15,17,27,30-31,35,45,47H,1-4,11-12,16H2,(H,39,48)(H,40,43)(H,49,50)(H2,38,41,42)(H2,51,52,53)(H2,54,55,56)/t27-,30-,31-,35-/m1/s1. The van der Waals surface area contributed by atoms with Gasteiger partial charge in [0.15, 0.2) is 28.6 Å². The number of imidazole rings is 1. The van der Waals surface area contributed by atoms with Crippen molar-refractivity contribution in [1.29, 1.82) is 0 Å². The number of nitrogens with one attached hydrogen (secondary N) is 2. The Labute approximate surface area is 348 Å². The van der Waals surface area contributed by atoms with Crippen molar-refractivity contribution in [2.24, 2.45) is 0 Å². The second-order valence-electron chi connectivity index (χ2n) is 14.1. The number of nitrogens with zero attached hydrogens (tertiary/aromatic N) is 4. The summed E-state index contributed by atoms with van der Waals surface area (Å²) in [4.78, 5) is 87.8. The summed E-state index contributed by atoms with van der Waals surface area (Å²) < 4.78 is 45.2. The normalized spacial score (nSPS) is 18.1. The van der Waals surface area contributed by atoms with Crippen molar-refractivity contribution in [3.8, 4) is 28.2 Å². The first-order chi connectivity index (χ1) is 29.4. The molecular formula is C37H39N7O16P2. The highest BCUT2D eigenvalue weighted by atomic mass is 31.2. The highest BCUT2D eigenvalue weighted by Gasteiger charge is 2.50. The Balaban J connectivity index is 0.991. The number of hydrogen-bond acceptors (Lipinski definition) is 16. The number of benzene rings is 3. The second kappa shape index (κ2) is 17.9. The van der Waals surface area contributed by atoms with Crippen LogP contribution in [0.15, 0.2) is 70.1 Å². The molecule has 2 aromatic carbocycles. The number of carbonyl (C=O) groups is 2. The van der Waals surface area contributed by atoms with Crippen molar-refractivity contribution < 1.29 is 71.8 Å². The largest absolute Gasteiger partial charge is 0.508 e. The van der Waals surface area contributed by atoms with E-state index in [-0.39, 0.29) is 68.7 Å². The Morgan fingerprint density at radius 2 is 1.68 bits per heavy atom. The molecular weight excluding hydrogens is 860 g/mol. The van der Waals surface area contributed by atoms with Gasteiger partial charge in [0.2, 0.25) is 5.95 Å². The fourth-order valence-electron chi connectivity index (χ4n) is 7.15. The van der Waals surface area contributed by atoms with Crippen LogP contribution in [0.3, 0.4) is 0 Å². The lowest BCUT2D eigenvalue weighted by atomic mass is 9.89. The van der Waals surface area contributed by atoms with Gasteiger partial charge in [-0.25, -0.2) is 28.9 Å². The average Bonchev–Trinajstić information content (AvgIpc) is 3.72. The number of phosphoric acid groups is 2. The molecule has 0 unspecified atom stereocenters. The van der Waals surface area contributed by atoms with Gasteiger partial charge in [-0.05, 0) is 60.9 Å². The van der Waals surface area contributed by atoms with E-state index in [2.05, 4.69) is 30.1 Å². The van der Waals surface area contributed by atoms with Crippen molar-refractivity contribution in [3.63, 3.8) is 0 Å². The number of aromatic nitrogens is 4. The number of carboxylic acids is 1. The number of aromatic hydroxyl groups is 1. The molecule has 7 rings (SSSR count). The van der Waals surface area contributed by atoms with Gasteiger partial charge in [-0.1, -0.05) is 12.8 Å². The molecule has 2 aliphatic heterocycles. The van der Waals surface area contributed by atoms with E-state index in [1.54, 1.807) is 6.07 Å². The summed E-state index contributed by atoms with van der Waals surface area (Å²) in [6, 6.07) is 12.6. The summed E-state index contributed by atoms with van der Waals surface area (Å²) in [5, 5.41) is 37.8. The molecule has 2 aromatic heterocycles. The Morgan fingerprint density at radius 1 is 0.919 bits per heavy atom. The number of carboxylic acid groups (broad SMARTS) is 1. The lowest BCUT2D eigenvalue weighted by Crippen LogP contribution is -2.36. The molecule has 25 heteroatoms. The number of aliphatic hydroxyl groups is 1. The number of nitrogens with two attached hydrogens (primary N) is 1. The van der Waals surface area contributed by atoms with Crippen molar-refractivity contribution in [1.82, 2.24) is 24.8 Å². The quantitative estimate of drug-likeness (QED) is 0.0357. The molecule has 1 saturated heterocycles. The van der Waals surface area contributed by atoms with E-state index in [1.807, 2.05) is 0 Å². The SMILES string of the molecule is Nc1ncnc2c1nc(NCCCCCCNC(=O)c1ccc(C(=O)O)c(-c3c4ccc(=O)cc-4oc4cc(O)ccc34)c1)n2[C@@H]1O[C@H](COP(=O)(O)O)[C@@H](OP(=O)(O)O)[C@H]1O. The number of rotatable bonds is 17. The zero-order valence-corrected chi connectivity index (χ0v) is 33.9. The first-order valence-corrected chi connectivity index (χ1v) is 21.8.